The minimum Gasteiger partial charge on any atom is -0.509 e. The van der Waals surface area contributed by atoms with Crippen molar-refractivity contribution in [2.75, 3.05) is 0 Å². The van der Waals surface area contributed by atoms with Gasteiger partial charge in [0.25, 0.3) is 11.4 Å². The van der Waals surface area contributed by atoms with E-state index in [1.165, 1.54) is 23.3 Å². The van der Waals surface area contributed by atoms with Gasteiger partial charge in [-0.1, -0.05) is 130 Å². The molecule has 1 aliphatic heterocycles. The number of hydrogen-bond donors (Lipinski definition) is 0. The van der Waals surface area contributed by atoms with Crippen LogP contribution in [0.3, 0.4) is 0 Å². The molecular weight excluding hydrogens is 978 g/mol. The largest absolute Gasteiger partial charge is 2.00 e. The predicted octanol–water partition coefficient (Wildman–Crippen LogP) is 14.6. The van der Waals surface area contributed by atoms with Crippen molar-refractivity contribution >= 4 is 50.6 Å². The molecule has 0 bridgehead atoms. The molecule has 316 valence electrons. The molecule has 2 aromatic heterocycles. The first-order valence-corrected chi connectivity index (χ1v) is 21.1. The quantitative estimate of drug-likeness (QED) is 0.118. The molecule has 0 aliphatic carbocycles. The fourth-order valence-electron chi connectivity index (χ4n) is 8.59. The number of pyridine rings is 1. The van der Waals surface area contributed by atoms with Crippen molar-refractivity contribution < 1.29 is 34.6 Å². The van der Waals surface area contributed by atoms with Gasteiger partial charge in [0.15, 0.2) is 0 Å². The van der Waals surface area contributed by atoms with Gasteiger partial charge in [0.05, 0.1) is 5.56 Å². The van der Waals surface area contributed by atoms with Gasteiger partial charge in [-0.3, -0.25) is 0 Å². The molecule has 1 aliphatic rings. The molecule has 5 nitrogen and oxygen atoms in total. The smallest absolute Gasteiger partial charge is 0.509 e. The minimum atomic E-state index is -0.644. The molecule has 0 spiro atoms. The molecule has 0 atom stereocenters. The van der Waals surface area contributed by atoms with Crippen molar-refractivity contribution in [3.63, 3.8) is 0 Å². The number of aromatic nitrogens is 2. The molecule has 8 heteroatoms. The van der Waals surface area contributed by atoms with Gasteiger partial charge in [-0.05, 0) is 79.4 Å². The maximum atomic E-state index is 14.6. The second-order valence-corrected chi connectivity index (χ2v) is 18.0. The predicted molar refractivity (Wildman–Crippen MR) is 252 cm³/mol. The van der Waals surface area contributed by atoms with Crippen LogP contribution in [0.25, 0.3) is 49.9 Å². The fraction of sp³-hybridized carbons (Fsp3) is 0.143. The summed E-state index contributed by atoms with van der Waals surface area (Å²) in [5, 5.41) is 2.14. The molecule has 0 unspecified atom stereocenters. The number of fused-ring (bicyclic) bond motifs is 4. The first-order chi connectivity index (χ1) is 30.3. The number of hydrogen-bond acceptors (Lipinski definition) is 2. The summed E-state index contributed by atoms with van der Waals surface area (Å²) in [6.07, 6.45) is 1.87. The molecule has 10 rings (SSSR count). The van der Waals surface area contributed by atoms with Crippen molar-refractivity contribution in [3.05, 3.63) is 193 Å². The summed E-state index contributed by atoms with van der Waals surface area (Å²) in [4.78, 5) is 4.86. The Morgan fingerprint density at radius 1 is 0.578 bits per heavy atom. The first-order valence-electron chi connectivity index (χ1n) is 21.1. The molecule has 0 fully saturated rings. The number of benzene rings is 7. The third-order valence-corrected chi connectivity index (χ3v) is 11.6. The van der Waals surface area contributed by atoms with E-state index in [4.69, 9.17) is 9.72 Å². The van der Waals surface area contributed by atoms with Crippen LogP contribution in [0.4, 0.5) is 31.5 Å². The average Bonchev–Trinajstić information content (AvgIpc) is 3.81. The van der Waals surface area contributed by atoms with Gasteiger partial charge >= 0.3 is 27.1 Å². The monoisotopic (exact) mass is 1020 g/mol. The van der Waals surface area contributed by atoms with Crippen molar-refractivity contribution in [3.8, 4) is 39.6 Å². The minimum absolute atomic E-state index is 0. The molecule has 0 amide bonds. The van der Waals surface area contributed by atoms with Gasteiger partial charge in [0, 0.05) is 47.5 Å². The molecule has 0 saturated heterocycles. The molecule has 7 aromatic carbocycles. The van der Waals surface area contributed by atoms with E-state index in [-0.39, 0.29) is 31.9 Å². The summed E-state index contributed by atoms with van der Waals surface area (Å²) < 4.78 is 42.1. The van der Waals surface area contributed by atoms with Crippen LogP contribution in [-0.4, -0.2) is 15.6 Å². The average molecular weight is 1020 g/mol. The Morgan fingerprint density at radius 2 is 1.22 bits per heavy atom. The maximum absolute atomic E-state index is 14.6. The van der Waals surface area contributed by atoms with Crippen LogP contribution in [0.15, 0.2) is 158 Å². The molecule has 0 radical (unpaired) electrons. The van der Waals surface area contributed by atoms with E-state index >= 15 is 0 Å². The standard InChI is InChI=1S/C56H44F2N4O.Pt/c1-55(2,3)38-25-26-59-54(31-38)62-50-20-12-9-17-46(50)47-24-23-42(34-53(47)62)63-43-30-37(44-15-7-10-18-48(44)56(4,5)6)29-41(33-43)60-35-61(52-22-14-13-21-51(52)60)49-19-11-8-16-45(49)36-27-39(57)32-40(58)28-36;/h7-32H,1-6H3;/q;+2. The third-order valence-electron chi connectivity index (χ3n) is 11.6. The summed E-state index contributed by atoms with van der Waals surface area (Å²) in [5.41, 5.74) is 10.2. The number of nitrogens with zero attached hydrogens (tertiary/aromatic N) is 4. The number of halogens is 2. The number of rotatable bonds is 7. The normalized spacial score (nSPS) is 12.5. The van der Waals surface area contributed by atoms with E-state index in [1.807, 2.05) is 82.1 Å². The Labute approximate surface area is 386 Å². The van der Waals surface area contributed by atoms with E-state index in [9.17, 15) is 8.78 Å². The molecule has 0 saturated carbocycles. The summed E-state index contributed by atoms with van der Waals surface area (Å²) in [6, 6.07) is 59.2. The topological polar surface area (TPSA) is 33.1 Å². The fourth-order valence-corrected chi connectivity index (χ4v) is 8.59. The van der Waals surface area contributed by atoms with Gasteiger partial charge in [-0.25, -0.2) is 13.8 Å². The van der Waals surface area contributed by atoms with Crippen LogP contribution in [-0.2, 0) is 31.9 Å². The van der Waals surface area contributed by atoms with Crippen LogP contribution in [0.2, 0.25) is 0 Å². The van der Waals surface area contributed by atoms with Crippen molar-refractivity contribution in [2.45, 2.75) is 52.4 Å². The number of ether oxygens (including phenoxy) is 1. The van der Waals surface area contributed by atoms with E-state index in [1.54, 1.807) is 0 Å². The summed E-state index contributed by atoms with van der Waals surface area (Å²) >= 11 is 0. The van der Waals surface area contributed by atoms with E-state index < -0.39 is 11.6 Å². The van der Waals surface area contributed by atoms with Gasteiger partial charge < -0.3 is 9.30 Å². The number of para-hydroxylation sites is 4. The summed E-state index contributed by atoms with van der Waals surface area (Å²) in [5.74, 6) is 0.536. The van der Waals surface area contributed by atoms with Gasteiger partial charge in [-0.15, -0.1) is 29.1 Å². The third kappa shape index (κ3) is 7.80. The van der Waals surface area contributed by atoms with E-state index in [2.05, 4.69) is 131 Å². The molecule has 3 heterocycles. The van der Waals surface area contributed by atoms with E-state index in [0.29, 0.717) is 34.0 Å². The SMILES string of the molecule is CC(C)(C)c1ccnc(-n2c3[c-]c(Oc4[c-]c([N+]5=C=[N+](c6ccccc6-c6cc(F)cc(F)c6)c6ccccc65)cc(-c5ccccc5C(C)(C)C)c4)ccc3c3ccccc32)c1.[Pt+2]. The maximum Gasteiger partial charge on any atom is 2.00 e. The van der Waals surface area contributed by atoms with Crippen LogP contribution in [0.1, 0.15) is 52.7 Å². The Balaban J connectivity index is 0.00000518. The van der Waals surface area contributed by atoms with Crippen molar-refractivity contribution in [1.82, 2.24) is 18.7 Å². The Hall–Kier alpha value is -6.78. The Bertz CT molecular complexity index is 3350. The zero-order valence-electron chi connectivity index (χ0n) is 36.3. The first kappa shape index (κ1) is 42.5. The van der Waals surface area contributed by atoms with E-state index in [0.717, 1.165) is 56.2 Å². The second kappa shape index (κ2) is 16.4. The Morgan fingerprint density at radius 3 is 1.95 bits per heavy atom. The van der Waals surface area contributed by atoms with Crippen LogP contribution >= 0.6 is 0 Å². The molecule has 9 aromatic rings. The van der Waals surface area contributed by atoms with Crippen molar-refractivity contribution in [2.24, 2.45) is 0 Å². The van der Waals surface area contributed by atoms with Gasteiger partial charge in [0.2, 0.25) is 5.69 Å². The van der Waals surface area contributed by atoms with Crippen LogP contribution in [0.5, 0.6) is 11.5 Å². The molecular formula is C56H44F2N4OPt+2. The van der Waals surface area contributed by atoms with Gasteiger partial charge in [-0.2, -0.15) is 6.07 Å². The summed E-state index contributed by atoms with van der Waals surface area (Å²) in [6.45, 7) is 13.3. The van der Waals surface area contributed by atoms with Crippen molar-refractivity contribution in [1.29, 1.82) is 0 Å². The second-order valence-electron chi connectivity index (χ2n) is 18.0. The molecule has 64 heavy (non-hydrogen) atoms. The summed E-state index contributed by atoms with van der Waals surface area (Å²) in [7, 11) is 0. The Kier molecular flexibility index (Phi) is 10.9. The zero-order chi connectivity index (χ0) is 43.6. The zero-order valence-corrected chi connectivity index (χ0v) is 38.6. The van der Waals surface area contributed by atoms with Crippen LogP contribution in [0, 0.1) is 23.8 Å². The van der Waals surface area contributed by atoms with Gasteiger partial charge in [0.1, 0.15) is 23.1 Å². The van der Waals surface area contributed by atoms with Crippen LogP contribution < -0.4 is 13.9 Å². The molecule has 0 N–H and O–H groups in total.